The lowest BCUT2D eigenvalue weighted by Gasteiger charge is -2.19. The molecule has 0 aromatic carbocycles. The number of rotatable bonds is 4. The molecule has 3 nitrogen and oxygen atoms in total. The molecule has 0 spiro atoms. The van der Waals surface area contributed by atoms with Gasteiger partial charge >= 0.3 is 0 Å². The summed E-state index contributed by atoms with van der Waals surface area (Å²) in [5.74, 6) is 1.12. The van der Waals surface area contributed by atoms with E-state index in [0.717, 1.165) is 31.0 Å². The summed E-state index contributed by atoms with van der Waals surface area (Å²) in [6.45, 7) is 4.99. The van der Waals surface area contributed by atoms with E-state index < -0.39 is 6.10 Å². The van der Waals surface area contributed by atoms with Crippen molar-refractivity contribution in [1.29, 1.82) is 0 Å². The Balaban J connectivity index is 2.14. The van der Waals surface area contributed by atoms with Crippen LogP contribution in [0.3, 0.4) is 0 Å². The molecule has 0 radical (unpaired) electrons. The summed E-state index contributed by atoms with van der Waals surface area (Å²) in [5.41, 5.74) is 0.802. The predicted octanol–water partition coefficient (Wildman–Crippen LogP) is 3.42. The number of halogens is 1. The van der Waals surface area contributed by atoms with Gasteiger partial charge in [0.25, 0.3) is 0 Å². The van der Waals surface area contributed by atoms with Crippen LogP contribution in [0.25, 0.3) is 0 Å². The largest absolute Gasteiger partial charge is 0.386 e. The molecule has 1 aliphatic rings. The first kappa shape index (κ1) is 12.9. The van der Waals surface area contributed by atoms with Gasteiger partial charge in [-0.15, -0.1) is 0 Å². The maximum Gasteiger partial charge on any atom is 0.0999 e. The van der Waals surface area contributed by atoms with Gasteiger partial charge in [-0.05, 0) is 31.6 Å². The van der Waals surface area contributed by atoms with E-state index in [0.29, 0.717) is 10.9 Å². The molecule has 3 unspecified atom stereocenters. The van der Waals surface area contributed by atoms with Crippen molar-refractivity contribution in [3.05, 3.63) is 16.9 Å². The highest BCUT2D eigenvalue weighted by Gasteiger charge is 2.32. The van der Waals surface area contributed by atoms with Crippen molar-refractivity contribution in [2.45, 2.75) is 52.2 Å². The van der Waals surface area contributed by atoms with E-state index in [1.165, 1.54) is 12.8 Å². The molecule has 3 atom stereocenters. The van der Waals surface area contributed by atoms with E-state index in [1.54, 1.807) is 6.20 Å². The van der Waals surface area contributed by atoms with Gasteiger partial charge in [0.05, 0.1) is 23.0 Å². The van der Waals surface area contributed by atoms with Crippen LogP contribution in [0.4, 0.5) is 0 Å². The highest BCUT2D eigenvalue weighted by molar-refractivity contribution is 6.31. The Labute approximate surface area is 108 Å². The van der Waals surface area contributed by atoms with Crippen molar-refractivity contribution in [3.63, 3.8) is 0 Å². The van der Waals surface area contributed by atoms with Gasteiger partial charge in [0.15, 0.2) is 0 Å². The summed E-state index contributed by atoms with van der Waals surface area (Å²) in [4.78, 5) is 0. The zero-order valence-corrected chi connectivity index (χ0v) is 11.3. The number of hydrogen-bond acceptors (Lipinski definition) is 2. The number of hydrogen-bond donors (Lipinski definition) is 1. The maximum absolute atomic E-state index is 10.5. The Morgan fingerprint density at radius 3 is 2.88 bits per heavy atom. The molecule has 17 heavy (non-hydrogen) atoms. The SMILES string of the molecule is CCC1CCC(C(O)c2c(Cl)cnn2CC)C1. The molecule has 2 rings (SSSR count). The summed E-state index contributed by atoms with van der Waals surface area (Å²) in [6.07, 6.45) is 5.84. The standard InChI is InChI=1S/C13H21ClN2O/c1-3-9-5-6-10(7-9)13(17)12-11(14)8-15-16(12)4-2/h8-10,13,17H,3-7H2,1-2H3. The second kappa shape index (κ2) is 5.40. The van der Waals surface area contributed by atoms with Crippen LogP contribution in [0.2, 0.25) is 5.02 Å². The molecule has 1 aromatic heterocycles. The Morgan fingerprint density at radius 2 is 2.29 bits per heavy atom. The van der Waals surface area contributed by atoms with Crippen LogP contribution >= 0.6 is 11.6 Å². The van der Waals surface area contributed by atoms with Gasteiger partial charge in [0.1, 0.15) is 0 Å². The van der Waals surface area contributed by atoms with Crippen molar-refractivity contribution in [3.8, 4) is 0 Å². The maximum atomic E-state index is 10.5. The van der Waals surface area contributed by atoms with E-state index >= 15 is 0 Å². The van der Waals surface area contributed by atoms with Crippen LogP contribution in [-0.2, 0) is 6.54 Å². The monoisotopic (exact) mass is 256 g/mol. The molecule has 1 saturated carbocycles. The lowest BCUT2D eigenvalue weighted by atomic mass is 9.96. The number of aliphatic hydroxyl groups excluding tert-OH is 1. The van der Waals surface area contributed by atoms with E-state index in [-0.39, 0.29) is 0 Å². The fourth-order valence-corrected chi connectivity index (χ4v) is 3.17. The minimum Gasteiger partial charge on any atom is -0.386 e. The molecule has 96 valence electrons. The van der Waals surface area contributed by atoms with Crippen molar-refractivity contribution >= 4 is 11.6 Å². The van der Waals surface area contributed by atoms with Gasteiger partial charge in [-0.25, -0.2) is 0 Å². The van der Waals surface area contributed by atoms with Gasteiger partial charge in [-0.1, -0.05) is 31.4 Å². The normalized spacial score (nSPS) is 26.4. The van der Waals surface area contributed by atoms with Gasteiger partial charge in [0.2, 0.25) is 0 Å². The molecule has 1 N–H and O–H groups in total. The third-order valence-corrected chi connectivity index (χ3v) is 4.31. The fraction of sp³-hybridized carbons (Fsp3) is 0.769. The fourth-order valence-electron chi connectivity index (χ4n) is 2.91. The summed E-state index contributed by atoms with van der Waals surface area (Å²) in [7, 11) is 0. The van der Waals surface area contributed by atoms with Crippen LogP contribution in [0.15, 0.2) is 6.20 Å². The zero-order chi connectivity index (χ0) is 12.4. The first-order valence-electron chi connectivity index (χ1n) is 6.56. The molecular weight excluding hydrogens is 236 g/mol. The quantitative estimate of drug-likeness (QED) is 0.897. The van der Waals surface area contributed by atoms with Crippen LogP contribution in [0.5, 0.6) is 0 Å². The Kier molecular flexibility index (Phi) is 4.10. The summed E-state index contributed by atoms with van der Waals surface area (Å²) < 4.78 is 1.81. The molecular formula is C13H21ClN2O. The Morgan fingerprint density at radius 1 is 1.53 bits per heavy atom. The molecule has 1 fully saturated rings. The predicted molar refractivity (Wildman–Crippen MR) is 69.0 cm³/mol. The van der Waals surface area contributed by atoms with E-state index in [2.05, 4.69) is 12.0 Å². The topological polar surface area (TPSA) is 38.1 Å². The van der Waals surface area contributed by atoms with Gasteiger partial charge < -0.3 is 5.11 Å². The first-order valence-corrected chi connectivity index (χ1v) is 6.94. The number of aryl methyl sites for hydroxylation is 1. The second-order valence-electron chi connectivity index (χ2n) is 4.99. The van der Waals surface area contributed by atoms with Crippen LogP contribution in [0.1, 0.15) is 51.3 Å². The summed E-state index contributed by atoms with van der Waals surface area (Å²) in [6, 6.07) is 0. The lowest BCUT2D eigenvalue weighted by molar-refractivity contribution is 0.0999. The first-order chi connectivity index (χ1) is 8.17. The van der Waals surface area contributed by atoms with Crippen LogP contribution in [0, 0.1) is 11.8 Å². The van der Waals surface area contributed by atoms with Crippen LogP contribution < -0.4 is 0 Å². The molecule has 0 bridgehead atoms. The van der Waals surface area contributed by atoms with Gasteiger partial charge in [0, 0.05) is 6.54 Å². The highest BCUT2D eigenvalue weighted by Crippen LogP contribution is 2.41. The minimum atomic E-state index is -0.457. The average Bonchev–Trinajstić information content (AvgIpc) is 2.94. The number of nitrogens with zero attached hydrogens (tertiary/aromatic N) is 2. The second-order valence-corrected chi connectivity index (χ2v) is 5.39. The molecule has 0 aliphatic heterocycles. The molecule has 0 amide bonds. The minimum absolute atomic E-state index is 0.347. The smallest absolute Gasteiger partial charge is 0.0999 e. The van der Waals surface area contributed by atoms with Crippen LogP contribution in [-0.4, -0.2) is 14.9 Å². The van der Waals surface area contributed by atoms with E-state index in [9.17, 15) is 5.11 Å². The van der Waals surface area contributed by atoms with Crippen molar-refractivity contribution in [2.24, 2.45) is 11.8 Å². The summed E-state index contributed by atoms with van der Waals surface area (Å²) >= 11 is 6.12. The highest BCUT2D eigenvalue weighted by atomic mass is 35.5. The molecule has 1 aliphatic carbocycles. The Hall–Kier alpha value is -0.540. The molecule has 4 heteroatoms. The van der Waals surface area contributed by atoms with Crippen molar-refractivity contribution < 1.29 is 5.11 Å². The van der Waals surface area contributed by atoms with Crippen molar-refractivity contribution in [2.75, 3.05) is 0 Å². The molecule has 0 saturated heterocycles. The van der Waals surface area contributed by atoms with E-state index in [1.807, 2.05) is 11.6 Å². The van der Waals surface area contributed by atoms with Gasteiger partial charge in [-0.2, -0.15) is 5.10 Å². The molecule has 1 aromatic rings. The van der Waals surface area contributed by atoms with E-state index in [4.69, 9.17) is 11.6 Å². The third kappa shape index (κ3) is 2.50. The molecule has 1 heterocycles. The summed E-state index contributed by atoms with van der Waals surface area (Å²) in [5, 5.41) is 15.3. The lowest BCUT2D eigenvalue weighted by Crippen LogP contribution is -2.15. The number of aliphatic hydroxyl groups is 1. The van der Waals surface area contributed by atoms with Crippen molar-refractivity contribution in [1.82, 2.24) is 9.78 Å². The number of aromatic nitrogens is 2. The zero-order valence-electron chi connectivity index (χ0n) is 10.6. The van der Waals surface area contributed by atoms with Gasteiger partial charge in [-0.3, -0.25) is 4.68 Å². The average molecular weight is 257 g/mol. The third-order valence-electron chi connectivity index (χ3n) is 4.02. The Bertz CT molecular complexity index is 377.